The van der Waals surface area contributed by atoms with Crippen molar-refractivity contribution in [3.63, 3.8) is 0 Å². The predicted octanol–water partition coefficient (Wildman–Crippen LogP) is 2.86. The highest BCUT2D eigenvalue weighted by atomic mass is 16.5. The maximum Gasteiger partial charge on any atom is 0.162 e. The maximum atomic E-state index is 6.01. The summed E-state index contributed by atoms with van der Waals surface area (Å²) in [6.45, 7) is 1.85. The van der Waals surface area contributed by atoms with E-state index in [0.717, 1.165) is 37.6 Å². The van der Waals surface area contributed by atoms with Crippen LogP contribution in [-0.4, -0.2) is 21.4 Å². The molecule has 0 spiro atoms. The molecule has 1 fully saturated rings. The van der Waals surface area contributed by atoms with Crippen LogP contribution >= 0.6 is 0 Å². The highest BCUT2D eigenvalue weighted by Crippen LogP contribution is 2.41. The summed E-state index contributed by atoms with van der Waals surface area (Å²) in [4.78, 5) is 0. The minimum absolute atomic E-state index is 0.0664. The second-order valence-electron chi connectivity index (χ2n) is 5.68. The van der Waals surface area contributed by atoms with Gasteiger partial charge in [0, 0.05) is 25.5 Å². The molecule has 0 radical (unpaired) electrons. The first-order valence-electron chi connectivity index (χ1n) is 7.52. The van der Waals surface area contributed by atoms with Gasteiger partial charge in [0.25, 0.3) is 0 Å². The molecule has 20 heavy (non-hydrogen) atoms. The number of hydrogen-bond donors (Lipinski definition) is 0. The van der Waals surface area contributed by atoms with Gasteiger partial charge in [0.2, 0.25) is 0 Å². The molecule has 0 bridgehead atoms. The molecule has 0 N–H and O–H groups in total. The zero-order valence-electron chi connectivity index (χ0n) is 11.5. The van der Waals surface area contributed by atoms with Crippen molar-refractivity contribution < 1.29 is 4.74 Å². The zero-order chi connectivity index (χ0) is 13.4. The van der Waals surface area contributed by atoms with Crippen LogP contribution in [0.5, 0.6) is 0 Å². The molecule has 1 saturated heterocycles. The van der Waals surface area contributed by atoms with Crippen molar-refractivity contribution in [2.45, 2.75) is 44.2 Å². The minimum Gasteiger partial charge on any atom is -0.370 e. The maximum absolute atomic E-state index is 6.01. The Kier molecular flexibility index (Phi) is 3.03. The lowest BCUT2D eigenvalue weighted by Crippen LogP contribution is -2.17. The Morgan fingerprint density at radius 2 is 2.00 bits per heavy atom. The third-order valence-corrected chi connectivity index (χ3v) is 4.46. The van der Waals surface area contributed by atoms with E-state index in [-0.39, 0.29) is 6.10 Å². The smallest absolute Gasteiger partial charge is 0.162 e. The van der Waals surface area contributed by atoms with Gasteiger partial charge in [-0.2, -0.15) is 0 Å². The lowest BCUT2D eigenvalue weighted by atomic mass is 9.92. The lowest BCUT2D eigenvalue weighted by molar-refractivity contribution is 0.0931. The molecule has 2 atom stereocenters. The summed E-state index contributed by atoms with van der Waals surface area (Å²) in [5, 5.41) is 8.81. The van der Waals surface area contributed by atoms with Gasteiger partial charge >= 0.3 is 0 Å². The Morgan fingerprint density at radius 3 is 2.90 bits per heavy atom. The fraction of sp³-hybridized carbons (Fsp3) is 0.500. The van der Waals surface area contributed by atoms with Crippen LogP contribution < -0.4 is 0 Å². The minimum atomic E-state index is 0.0664. The molecule has 4 rings (SSSR count). The first kappa shape index (κ1) is 12.1. The monoisotopic (exact) mass is 269 g/mol. The number of hydrogen-bond acceptors (Lipinski definition) is 3. The molecule has 1 aromatic carbocycles. The Hall–Kier alpha value is -1.68. The van der Waals surface area contributed by atoms with Crippen molar-refractivity contribution in [2.75, 3.05) is 6.61 Å². The molecule has 2 aliphatic heterocycles. The summed E-state index contributed by atoms with van der Waals surface area (Å²) < 4.78 is 8.29. The summed E-state index contributed by atoms with van der Waals surface area (Å²) in [5.74, 6) is 2.58. The van der Waals surface area contributed by atoms with Crippen LogP contribution in [0.15, 0.2) is 30.3 Å². The number of rotatable bonds is 2. The lowest BCUT2D eigenvalue weighted by Gasteiger charge is -2.21. The molecule has 0 unspecified atom stereocenters. The average Bonchev–Trinajstić information content (AvgIpc) is 3.14. The third-order valence-electron chi connectivity index (χ3n) is 4.46. The highest BCUT2D eigenvalue weighted by Gasteiger charge is 2.35. The molecule has 0 amide bonds. The zero-order valence-corrected chi connectivity index (χ0v) is 11.5. The molecule has 4 heteroatoms. The average molecular weight is 269 g/mol. The summed E-state index contributed by atoms with van der Waals surface area (Å²) in [6.07, 6.45) is 4.64. The summed E-state index contributed by atoms with van der Waals surface area (Å²) in [6, 6.07) is 10.7. The number of nitrogens with zero attached hydrogens (tertiary/aromatic N) is 3. The second-order valence-corrected chi connectivity index (χ2v) is 5.68. The van der Waals surface area contributed by atoms with E-state index >= 15 is 0 Å². The first-order valence-corrected chi connectivity index (χ1v) is 7.52. The van der Waals surface area contributed by atoms with Crippen LogP contribution in [0, 0.1) is 0 Å². The summed E-state index contributed by atoms with van der Waals surface area (Å²) >= 11 is 0. The SMILES string of the molecule is c1ccc([C@@H]2CCO[C@@H]2c2nnc3n2CCCC3)cc1. The quantitative estimate of drug-likeness (QED) is 0.841. The molecular formula is C16H19N3O. The molecule has 2 aromatic rings. The first-order chi connectivity index (χ1) is 9.93. The van der Waals surface area contributed by atoms with Gasteiger partial charge in [-0.3, -0.25) is 0 Å². The van der Waals surface area contributed by atoms with Crippen molar-refractivity contribution in [2.24, 2.45) is 0 Å². The number of aromatic nitrogens is 3. The van der Waals surface area contributed by atoms with Crippen molar-refractivity contribution in [1.82, 2.24) is 14.8 Å². The molecule has 0 aliphatic carbocycles. The van der Waals surface area contributed by atoms with Gasteiger partial charge in [-0.1, -0.05) is 30.3 Å². The van der Waals surface area contributed by atoms with E-state index < -0.39 is 0 Å². The van der Waals surface area contributed by atoms with Crippen LogP contribution in [0.1, 0.15) is 48.5 Å². The fourth-order valence-corrected chi connectivity index (χ4v) is 3.43. The number of aryl methyl sites for hydroxylation is 1. The molecular weight excluding hydrogens is 250 g/mol. The van der Waals surface area contributed by atoms with E-state index in [1.54, 1.807) is 0 Å². The van der Waals surface area contributed by atoms with Crippen molar-refractivity contribution in [1.29, 1.82) is 0 Å². The van der Waals surface area contributed by atoms with Crippen molar-refractivity contribution >= 4 is 0 Å². The fourth-order valence-electron chi connectivity index (χ4n) is 3.43. The van der Waals surface area contributed by atoms with Gasteiger partial charge < -0.3 is 9.30 Å². The van der Waals surface area contributed by atoms with Gasteiger partial charge in [-0.05, 0) is 24.8 Å². The van der Waals surface area contributed by atoms with Crippen LogP contribution in [0.3, 0.4) is 0 Å². The van der Waals surface area contributed by atoms with E-state index in [2.05, 4.69) is 45.1 Å². The Labute approximate surface area is 118 Å². The van der Waals surface area contributed by atoms with Crippen molar-refractivity contribution in [3.8, 4) is 0 Å². The summed E-state index contributed by atoms with van der Waals surface area (Å²) in [5.41, 5.74) is 1.35. The van der Waals surface area contributed by atoms with E-state index in [1.165, 1.54) is 18.4 Å². The number of benzene rings is 1. The van der Waals surface area contributed by atoms with Gasteiger partial charge in [0.1, 0.15) is 11.9 Å². The Morgan fingerprint density at radius 1 is 1.10 bits per heavy atom. The molecule has 0 saturated carbocycles. The standard InChI is InChI=1S/C16H19N3O/c1-2-6-12(7-3-1)13-9-11-20-15(13)16-18-17-14-8-4-5-10-19(14)16/h1-3,6-7,13,15H,4-5,8-11H2/t13-,15-/m0/s1. The number of ether oxygens (including phenoxy) is 1. The van der Waals surface area contributed by atoms with Gasteiger partial charge in [-0.25, -0.2) is 0 Å². The van der Waals surface area contributed by atoms with Gasteiger partial charge in [-0.15, -0.1) is 10.2 Å². The Bertz CT molecular complexity index is 593. The van der Waals surface area contributed by atoms with Crippen LogP contribution in [0.2, 0.25) is 0 Å². The highest BCUT2D eigenvalue weighted by molar-refractivity contribution is 5.24. The molecule has 3 heterocycles. The molecule has 1 aromatic heterocycles. The van der Waals surface area contributed by atoms with Gasteiger partial charge in [0.15, 0.2) is 5.82 Å². The normalized spacial score (nSPS) is 25.6. The number of fused-ring (bicyclic) bond motifs is 1. The Balaban J connectivity index is 1.69. The van der Waals surface area contributed by atoms with Crippen LogP contribution in [0.25, 0.3) is 0 Å². The van der Waals surface area contributed by atoms with E-state index in [1.807, 2.05) is 0 Å². The summed E-state index contributed by atoms with van der Waals surface area (Å²) in [7, 11) is 0. The van der Waals surface area contributed by atoms with Gasteiger partial charge in [0.05, 0.1) is 0 Å². The van der Waals surface area contributed by atoms with E-state index in [4.69, 9.17) is 4.74 Å². The van der Waals surface area contributed by atoms with E-state index in [9.17, 15) is 0 Å². The van der Waals surface area contributed by atoms with E-state index in [0.29, 0.717) is 5.92 Å². The molecule has 2 aliphatic rings. The molecule has 104 valence electrons. The van der Waals surface area contributed by atoms with Crippen LogP contribution in [-0.2, 0) is 17.7 Å². The topological polar surface area (TPSA) is 39.9 Å². The largest absolute Gasteiger partial charge is 0.370 e. The van der Waals surface area contributed by atoms with Crippen LogP contribution in [0.4, 0.5) is 0 Å². The second kappa shape index (κ2) is 5.02. The predicted molar refractivity (Wildman–Crippen MR) is 75.5 cm³/mol. The third kappa shape index (κ3) is 1.95. The molecule has 4 nitrogen and oxygen atoms in total. The van der Waals surface area contributed by atoms with Crippen molar-refractivity contribution in [3.05, 3.63) is 47.5 Å².